The van der Waals surface area contributed by atoms with Crippen LogP contribution in [0.2, 0.25) is 0 Å². The molecule has 92 valence electrons. The quantitative estimate of drug-likeness (QED) is 0.661. The number of benzene rings is 1. The highest BCUT2D eigenvalue weighted by Crippen LogP contribution is 2.28. The summed E-state index contributed by atoms with van der Waals surface area (Å²) >= 11 is 0. The number of hydrogen-bond acceptors (Lipinski definition) is 4. The molecule has 2 aromatic rings. The summed E-state index contributed by atoms with van der Waals surface area (Å²) in [5, 5.41) is 21.8. The number of rotatable bonds is 4. The van der Waals surface area contributed by atoms with Crippen LogP contribution < -0.4 is 0 Å². The Balaban J connectivity index is 2.48. The van der Waals surface area contributed by atoms with Crippen molar-refractivity contribution in [2.24, 2.45) is 0 Å². The van der Waals surface area contributed by atoms with Crippen molar-refractivity contribution >= 4 is 16.7 Å². The van der Waals surface area contributed by atoms with Crippen molar-refractivity contribution in [2.45, 2.75) is 6.42 Å². The lowest BCUT2D eigenvalue weighted by Crippen LogP contribution is -1.93. The molecule has 0 aliphatic rings. The van der Waals surface area contributed by atoms with E-state index in [9.17, 15) is 20.2 Å². The zero-order chi connectivity index (χ0) is 13.1. The molecule has 0 radical (unpaired) electrons. The van der Waals surface area contributed by atoms with Crippen LogP contribution in [-0.2, 0) is 6.42 Å². The minimum atomic E-state index is -0.597. The molecule has 0 atom stereocenters. The molecule has 1 N–H and O–H groups in total. The van der Waals surface area contributed by atoms with Crippen LogP contribution in [-0.4, -0.2) is 14.8 Å². The third-order valence-electron chi connectivity index (χ3n) is 2.52. The van der Waals surface area contributed by atoms with Crippen molar-refractivity contribution in [3.8, 4) is 0 Å². The maximum absolute atomic E-state index is 10.9. The Morgan fingerprint density at radius 3 is 2.61 bits per heavy atom. The first-order valence-electron chi connectivity index (χ1n) is 5.13. The van der Waals surface area contributed by atoms with E-state index in [0.29, 0.717) is 16.5 Å². The van der Waals surface area contributed by atoms with E-state index in [1.54, 1.807) is 24.3 Å². The monoisotopic (exact) mass is 247 g/mol. The van der Waals surface area contributed by atoms with Crippen LogP contribution in [0.15, 0.2) is 36.5 Å². The Morgan fingerprint density at radius 2 is 1.94 bits per heavy atom. The maximum Gasteiger partial charge on any atom is 0.325 e. The van der Waals surface area contributed by atoms with Crippen molar-refractivity contribution in [1.82, 2.24) is 4.98 Å². The van der Waals surface area contributed by atoms with Gasteiger partial charge in [0.1, 0.15) is 5.52 Å². The molecule has 1 heterocycles. The normalized spacial score (nSPS) is 11.1. The van der Waals surface area contributed by atoms with Crippen LogP contribution in [0.5, 0.6) is 0 Å². The fourth-order valence-electron chi connectivity index (χ4n) is 1.80. The molecule has 0 saturated heterocycles. The molecule has 0 aliphatic carbocycles. The topological polar surface area (TPSA) is 102 Å². The molecule has 0 saturated carbocycles. The fourth-order valence-corrected chi connectivity index (χ4v) is 1.80. The number of nitrogens with one attached hydrogen (secondary N) is 1. The second-order valence-corrected chi connectivity index (χ2v) is 3.63. The fraction of sp³-hybridized carbons (Fsp3) is 0.0909. The van der Waals surface area contributed by atoms with Crippen LogP contribution in [0.25, 0.3) is 10.9 Å². The Bertz CT molecular complexity index is 645. The lowest BCUT2D eigenvalue weighted by atomic mass is 10.1. The third kappa shape index (κ3) is 2.19. The van der Waals surface area contributed by atoms with Gasteiger partial charge in [-0.05, 0) is 17.1 Å². The predicted molar refractivity (Wildman–Crippen MR) is 64.8 cm³/mol. The Morgan fingerprint density at radius 1 is 1.22 bits per heavy atom. The van der Waals surface area contributed by atoms with Gasteiger partial charge in [-0.25, -0.2) is 4.98 Å². The highest BCUT2D eigenvalue weighted by atomic mass is 16.6. The van der Waals surface area contributed by atoms with E-state index in [1.165, 1.54) is 6.08 Å². The van der Waals surface area contributed by atoms with E-state index >= 15 is 0 Å². The van der Waals surface area contributed by atoms with Crippen molar-refractivity contribution in [3.63, 3.8) is 0 Å². The van der Waals surface area contributed by atoms with Crippen LogP contribution in [0.3, 0.4) is 0 Å². The third-order valence-corrected chi connectivity index (χ3v) is 2.52. The molecule has 0 aliphatic heterocycles. The number of fused-ring (bicyclic) bond motifs is 1. The van der Waals surface area contributed by atoms with Gasteiger partial charge in [0.25, 0.3) is 0 Å². The van der Waals surface area contributed by atoms with Crippen LogP contribution in [0.4, 0.5) is 5.82 Å². The maximum atomic E-state index is 10.9. The lowest BCUT2D eigenvalue weighted by Gasteiger charge is -1.94. The average Bonchev–Trinajstić information content (AvgIpc) is 2.68. The van der Waals surface area contributed by atoms with Crippen molar-refractivity contribution < 1.29 is 9.85 Å². The van der Waals surface area contributed by atoms with Crippen LogP contribution in [0.1, 0.15) is 5.56 Å². The predicted octanol–water partition coefficient (Wildman–Crippen LogP) is 2.41. The standard InChI is InChI=1S/C11H9N3O4/c15-13(16)7-3-5-9-8-4-1-2-6-10(8)12-11(9)14(17)18/h1-4,6-7,12H,5H2. The first-order valence-corrected chi connectivity index (χ1v) is 5.13. The summed E-state index contributed by atoms with van der Waals surface area (Å²) in [7, 11) is 0. The molecule has 2 rings (SSSR count). The zero-order valence-electron chi connectivity index (χ0n) is 9.20. The second-order valence-electron chi connectivity index (χ2n) is 3.63. The first-order chi connectivity index (χ1) is 8.59. The smallest absolute Gasteiger partial charge is 0.325 e. The largest absolute Gasteiger partial charge is 0.358 e. The number of H-pyrrole nitrogens is 1. The van der Waals surface area contributed by atoms with Gasteiger partial charge in [0, 0.05) is 11.8 Å². The Kier molecular flexibility index (Phi) is 3.05. The molecule has 1 aromatic heterocycles. The van der Waals surface area contributed by atoms with E-state index < -0.39 is 9.85 Å². The number of nitrogens with zero attached hydrogens (tertiary/aromatic N) is 2. The molecule has 7 nitrogen and oxygen atoms in total. The molecule has 0 fully saturated rings. The van der Waals surface area contributed by atoms with E-state index in [-0.39, 0.29) is 12.2 Å². The molecule has 0 spiro atoms. The summed E-state index contributed by atoms with van der Waals surface area (Å²) in [6.45, 7) is 0. The number of aromatic nitrogens is 1. The molecular formula is C11H9N3O4. The molecule has 7 heteroatoms. The Hall–Kier alpha value is -2.70. The SMILES string of the molecule is O=[N+]([O-])C=CCc1c([N+](=O)[O-])[nH]c2ccccc12. The Labute approximate surface area is 101 Å². The van der Waals surface area contributed by atoms with Gasteiger partial charge in [-0.1, -0.05) is 18.2 Å². The van der Waals surface area contributed by atoms with Gasteiger partial charge in [0.05, 0.1) is 10.5 Å². The number of para-hydroxylation sites is 1. The number of hydrogen-bond donors (Lipinski definition) is 1. The first kappa shape index (κ1) is 11.8. The van der Waals surface area contributed by atoms with Gasteiger partial charge in [0.15, 0.2) is 0 Å². The van der Waals surface area contributed by atoms with E-state index in [2.05, 4.69) is 4.98 Å². The van der Waals surface area contributed by atoms with E-state index in [0.717, 1.165) is 6.20 Å². The minimum absolute atomic E-state index is 0.121. The van der Waals surface area contributed by atoms with Gasteiger partial charge in [0.2, 0.25) is 6.20 Å². The summed E-state index contributed by atoms with van der Waals surface area (Å²) in [5.41, 5.74) is 1.10. The summed E-state index contributed by atoms with van der Waals surface area (Å²) < 4.78 is 0. The molecule has 1 aromatic carbocycles. The highest BCUT2D eigenvalue weighted by molar-refractivity contribution is 5.87. The van der Waals surface area contributed by atoms with Gasteiger partial charge >= 0.3 is 5.82 Å². The van der Waals surface area contributed by atoms with Gasteiger partial charge in [-0.3, -0.25) is 10.1 Å². The molecule has 18 heavy (non-hydrogen) atoms. The van der Waals surface area contributed by atoms with Crippen LogP contribution >= 0.6 is 0 Å². The van der Waals surface area contributed by atoms with Crippen molar-refractivity contribution in [1.29, 1.82) is 0 Å². The second kappa shape index (κ2) is 4.66. The van der Waals surface area contributed by atoms with E-state index in [4.69, 9.17) is 0 Å². The zero-order valence-corrected chi connectivity index (χ0v) is 9.20. The summed E-state index contributed by atoms with van der Waals surface area (Å²) in [4.78, 5) is 22.7. The molecule has 0 bridgehead atoms. The van der Waals surface area contributed by atoms with Gasteiger partial charge in [-0.15, -0.1) is 0 Å². The number of allylic oxidation sites excluding steroid dienone is 1. The average molecular weight is 247 g/mol. The summed E-state index contributed by atoms with van der Waals surface area (Å²) in [6.07, 6.45) is 2.22. The summed E-state index contributed by atoms with van der Waals surface area (Å²) in [6, 6.07) is 7.00. The molecular weight excluding hydrogens is 238 g/mol. The van der Waals surface area contributed by atoms with Gasteiger partial charge in [-0.2, -0.15) is 0 Å². The minimum Gasteiger partial charge on any atom is -0.358 e. The van der Waals surface area contributed by atoms with Gasteiger partial charge < -0.3 is 10.1 Å². The number of nitro groups is 2. The summed E-state index contributed by atoms with van der Waals surface area (Å²) in [5.74, 6) is -0.121. The lowest BCUT2D eigenvalue weighted by molar-refractivity contribution is -0.402. The van der Waals surface area contributed by atoms with Crippen molar-refractivity contribution in [3.05, 3.63) is 62.3 Å². The number of aromatic amines is 1. The van der Waals surface area contributed by atoms with Crippen LogP contribution in [0, 0.1) is 20.2 Å². The van der Waals surface area contributed by atoms with E-state index in [1.807, 2.05) is 0 Å². The molecule has 0 unspecified atom stereocenters. The molecule has 0 amide bonds. The highest BCUT2D eigenvalue weighted by Gasteiger charge is 2.18. The van der Waals surface area contributed by atoms with Crippen molar-refractivity contribution in [2.75, 3.05) is 0 Å².